The Kier molecular flexibility index (Phi) is 7.05. The summed E-state index contributed by atoms with van der Waals surface area (Å²) in [4.78, 5) is 35.5. The molecule has 0 radical (unpaired) electrons. The number of aliphatic carboxylic acids is 1. The Labute approximate surface area is 134 Å². The minimum atomic E-state index is -1.13. The molecule has 1 aromatic rings. The van der Waals surface area contributed by atoms with E-state index in [1.54, 1.807) is 39.0 Å². The van der Waals surface area contributed by atoms with Crippen molar-refractivity contribution in [3.8, 4) is 0 Å². The Morgan fingerprint density at radius 2 is 2.00 bits per heavy atom. The lowest BCUT2D eigenvalue weighted by atomic mass is 10.0. The van der Waals surface area contributed by atoms with Crippen molar-refractivity contribution in [1.82, 2.24) is 10.6 Å². The summed E-state index contributed by atoms with van der Waals surface area (Å²) in [6.45, 7) is 5.28. The number of hydrogen-bond donors (Lipinski definition) is 3. The third-order valence-corrected chi connectivity index (χ3v) is 3.20. The van der Waals surface area contributed by atoms with Crippen LogP contribution in [0.4, 0.5) is 0 Å². The zero-order valence-corrected chi connectivity index (χ0v) is 13.4. The first-order valence-electron chi connectivity index (χ1n) is 7.35. The van der Waals surface area contributed by atoms with Crippen LogP contribution in [0.15, 0.2) is 35.0 Å². The van der Waals surface area contributed by atoms with Crippen molar-refractivity contribution < 1.29 is 23.9 Å². The van der Waals surface area contributed by atoms with Crippen molar-refractivity contribution in [3.05, 3.63) is 36.3 Å². The predicted molar refractivity (Wildman–Crippen MR) is 83.8 cm³/mol. The minimum Gasteiger partial charge on any atom is -0.480 e. The molecule has 0 aliphatic heterocycles. The van der Waals surface area contributed by atoms with Gasteiger partial charge in [-0.1, -0.05) is 26.0 Å². The Morgan fingerprint density at radius 3 is 2.48 bits per heavy atom. The minimum absolute atomic E-state index is 0.0900. The zero-order chi connectivity index (χ0) is 17.4. The monoisotopic (exact) mass is 322 g/mol. The molecule has 23 heavy (non-hydrogen) atoms. The van der Waals surface area contributed by atoms with E-state index in [1.165, 1.54) is 12.3 Å². The highest BCUT2D eigenvalue weighted by Gasteiger charge is 2.28. The first-order valence-corrected chi connectivity index (χ1v) is 7.35. The van der Waals surface area contributed by atoms with Crippen molar-refractivity contribution >= 4 is 17.8 Å². The second-order valence-corrected chi connectivity index (χ2v) is 5.38. The molecule has 1 rings (SSSR count). The number of carboxylic acids is 1. The number of carboxylic acid groups (broad SMARTS) is 1. The highest BCUT2D eigenvalue weighted by Crippen LogP contribution is 2.07. The van der Waals surface area contributed by atoms with Gasteiger partial charge < -0.3 is 20.2 Å². The van der Waals surface area contributed by atoms with E-state index in [4.69, 9.17) is 9.52 Å². The molecule has 7 heteroatoms. The van der Waals surface area contributed by atoms with E-state index in [2.05, 4.69) is 10.6 Å². The number of nitrogens with one attached hydrogen (secondary N) is 2. The fraction of sp³-hybridized carbons (Fsp3) is 0.438. The van der Waals surface area contributed by atoms with Crippen molar-refractivity contribution in [1.29, 1.82) is 0 Å². The van der Waals surface area contributed by atoms with E-state index in [0.29, 0.717) is 0 Å². The lowest BCUT2D eigenvalue weighted by Crippen LogP contribution is -2.53. The summed E-state index contributed by atoms with van der Waals surface area (Å²) in [5, 5.41) is 14.2. The molecule has 0 bridgehead atoms. The SMILES string of the molecule is C/C=C/CC(NC(=O)C(NC(=O)c1ccco1)C(C)C)C(=O)O. The van der Waals surface area contributed by atoms with Gasteiger partial charge in [-0.25, -0.2) is 4.79 Å². The highest BCUT2D eigenvalue weighted by atomic mass is 16.4. The van der Waals surface area contributed by atoms with Crippen LogP contribution in [0.1, 0.15) is 37.7 Å². The zero-order valence-electron chi connectivity index (χ0n) is 13.4. The molecule has 0 aliphatic rings. The maximum Gasteiger partial charge on any atom is 0.326 e. The lowest BCUT2D eigenvalue weighted by Gasteiger charge is -2.23. The van der Waals surface area contributed by atoms with Gasteiger partial charge in [0.05, 0.1) is 6.26 Å². The topological polar surface area (TPSA) is 109 Å². The van der Waals surface area contributed by atoms with Gasteiger partial charge in [-0.2, -0.15) is 0 Å². The van der Waals surface area contributed by atoms with E-state index in [0.717, 1.165) is 0 Å². The maximum atomic E-state index is 12.3. The molecule has 2 amide bonds. The molecule has 3 N–H and O–H groups in total. The van der Waals surface area contributed by atoms with E-state index in [1.807, 2.05) is 0 Å². The predicted octanol–water partition coefficient (Wildman–Crippen LogP) is 1.57. The van der Waals surface area contributed by atoms with Crippen LogP contribution in [0.25, 0.3) is 0 Å². The molecule has 2 unspecified atom stereocenters. The Morgan fingerprint density at radius 1 is 1.30 bits per heavy atom. The van der Waals surface area contributed by atoms with Crippen LogP contribution in [0.5, 0.6) is 0 Å². The molecule has 7 nitrogen and oxygen atoms in total. The largest absolute Gasteiger partial charge is 0.480 e. The molecule has 0 spiro atoms. The van der Waals surface area contributed by atoms with Gasteiger partial charge in [0.15, 0.2) is 5.76 Å². The molecule has 2 atom stereocenters. The third-order valence-electron chi connectivity index (χ3n) is 3.20. The third kappa shape index (κ3) is 5.61. The first-order chi connectivity index (χ1) is 10.9. The van der Waals surface area contributed by atoms with Gasteiger partial charge in [0.25, 0.3) is 5.91 Å². The summed E-state index contributed by atoms with van der Waals surface area (Å²) in [5.74, 6) is -2.32. The number of carbonyl (C=O) groups excluding carboxylic acids is 2. The average molecular weight is 322 g/mol. The normalized spacial score (nSPS) is 13.7. The summed E-state index contributed by atoms with van der Waals surface area (Å²) in [6, 6.07) is 1.15. The van der Waals surface area contributed by atoms with Gasteiger partial charge in [0.1, 0.15) is 12.1 Å². The van der Waals surface area contributed by atoms with Crippen LogP contribution in [0, 0.1) is 5.92 Å². The van der Waals surface area contributed by atoms with Gasteiger partial charge in [-0.3, -0.25) is 9.59 Å². The second kappa shape index (κ2) is 8.77. The summed E-state index contributed by atoms with van der Waals surface area (Å²) in [6.07, 6.45) is 4.90. The molecule has 126 valence electrons. The number of rotatable bonds is 8. The highest BCUT2D eigenvalue weighted by molar-refractivity contribution is 5.96. The maximum absolute atomic E-state index is 12.3. The quantitative estimate of drug-likeness (QED) is 0.630. The van der Waals surface area contributed by atoms with Crippen LogP contribution in [0.3, 0.4) is 0 Å². The number of furan rings is 1. The van der Waals surface area contributed by atoms with Crippen molar-refractivity contribution in [2.75, 3.05) is 0 Å². The van der Waals surface area contributed by atoms with Gasteiger partial charge in [0, 0.05) is 0 Å². The fourth-order valence-electron chi connectivity index (χ4n) is 1.91. The van der Waals surface area contributed by atoms with Gasteiger partial charge in [0.2, 0.25) is 5.91 Å². The Bertz CT molecular complexity index is 563. The number of allylic oxidation sites excluding steroid dienone is 1. The summed E-state index contributed by atoms with van der Waals surface area (Å²) in [7, 11) is 0. The van der Waals surface area contributed by atoms with Crippen molar-refractivity contribution in [3.63, 3.8) is 0 Å². The van der Waals surface area contributed by atoms with Crippen molar-refractivity contribution in [2.24, 2.45) is 5.92 Å². The summed E-state index contributed by atoms with van der Waals surface area (Å²) < 4.78 is 4.98. The smallest absolute Gasteiger partial charge is 0.326 e. The number of hydrogen-bond acceptors (Lipinski definition) is 4. The van der Waals surface area contributed by atoms with E-state index in [-0.39, 0.29) is 18.1 Å². The van der Waals surface area contributed by atoms with E-state index >= 15 is 0 Å². The Balaban J connectivity index is 2.77. The van der Waals surface area contributed by atoms with Crippen LogP contribution < -0.4 is 10.6 Å². The van der Waals surface area contributed by atoms with Gasteiger partial charge >= 0.3 is 5.97 Å². The van der Waals surface area contributed by atoms with E-state index in [9.17, 15) is 14.4 Å². The molecule has 1 aromatic heterocycles. The van der Waals surface area contributed by atoms with Crippen LogP contribution in [-0.4, -0.2) is 35.0 Å². The molecule has 0 fully saturated rings. The van der Waals surface area contributed by atoms with Crippen LogP contribution in [0.2, 0.25) is 0 Å². The molecule has 0 aromatic carbocycles. The van der Waals surface area contributed by atoms with Gasteiger partial charge in [-0.15, -0.1) is 0 Å². The number of amides is 2. The molecular formula is C16H22N2O5. The molecule has 0 aliphatic carbocycles. The molecule has 1 heterocycles. The summed E-state index contributed by atoms with van der Waals surface area (Å²) in [5.41, 5.74) is 0. The molecular weight excluding hydrogens is 300 g/mol. The lowest BCUT2D eigenvalue weighted by molar-refractivity contribution is -0.142. The first kappa shape index (κ1) is 18.5. The van der Waals surface area contributed by atoms with Gasteiger partial charge in [-0.05, 0) is 31.4 Å². The van der Waals surface area contributed by atoms with Crippen LogP contribution in [-0.2, 0) is 9.59 Å². The number of carbonyl (C=O) groups is 3. The molecule has 0 saturated carbocycles. The summed E-state index contributed by atoms with van der Waals surface area (Å²) >= 11 is 0. The molecule has 0 saturated heterocycles. The second-order valence-electron chi connectivity index (χ2n) is 5.38. The fourth-order valence-corrected chi connectivity index (χ4v) is 1.91. The standard InChI is InChI=1S/C16H22N2O5/c1-4-5-7-11(16(21)22)17-15(20)13(10(2)3)18-14(19)12-8-6-9-23-12/h4-6,8-11,13H,7H2,1-3H3,(H,17,20)(H,18,19)(H,21,22)/b5-4+. The van der Waals surface area contributed by atoms with Crippen LogP contribution >= 0.6 is 0 Å². The van der Waals surface area contributed by atoms with E-state index < -0.39 is 29.9 Å². The van der Waals surface area contributed by atoms with Crippen molar-refractivity contribution in [2.45, 2.75) is 39.3 Å². The Hall–Kier alpha value is -2.57. The average Bonchev–Trinajstić information content (AvgIpc) is 3.02.